The fourth-order valence-corrected chi connectivity index (χ4v) is 2.62. The van der Waals surface area contributed by atoms with Crippen molar-refractivity contribution >= 4 is 33.4 Å². The summed E-state index contributed by atoms with van der Waals surface area (Å²) in [4.78, 5) is 4.32. The molecule has 0 aliphatic carbocycles. The van der Waals surface area contributed by atoms with Crippen LogP contribution in [0.1, 0.15) is 12.6 Å². The zero-order chi connectivity index (χ0) is 12.4. The second kappa shape index (κ2) is 5.10. The van der Waals surface area contributed by atoms with Crippen LogP contribution in [0.2, 0.25) is 0 Å². The second-order valence-corrected chi connectivity index (χ2v) is 5.46. The molecule has 2 rings (SSSR count). The summed E-state index contributed by atoms with van der Waals surface area (Å²) in [6, 6.07) is 3.92. The third-order valence-corrected chi connectivity index (χ3v) is 3.87. The summed E-state index contributed by atoms with van der Waals surface area (Å²) >= 11 is 4.90. The molecule has 90 valence electrons. The van der Waals surface area contributed by atoms with Crippen LogP contribution in [-0.2, 0) is 6.54 Å². The topological polar surface area (TPSA) is 56.7 Å². The van der Waals surface area contributed by atoms with E-state index in [0.29, 0.717) is 0 Å². The van der Waals surface area contributed by atoms with E-state index >= 15 is 0 Å². The van der Waals surface area contributed by atoms with Gasteiger partial charge < -0.3 is 5.73 Å². The van der Waals surface area contributed by atoms with Crippen molar-refractivity contribution in [1.82, 2.24) is 14.8 Å². The molecule has 0 aliphatic heterocycles. The molecule has 2 aromatic heterocycles. The van der Waals surface area contributed by atoms with Crippen molar-refractivity contribution in [3.05, 3.63) is 28.5 Å². The monoisotopic (exact) mass is 312 g/mol. The van der Waals surface area contributed by atoms with Crippen LogP contribution in [0.15, 0.2) is 32.9 Å². The molecule has 2 N–H and O–H groups in total. The molecule has 0 amide bonds. The first-order chi connectivity index (χ1) is 8.11. The third kappa shape index (κ3) is 2.63. The van der Waals surface area contributed by atoms with Gasteiger partial charge in [-0.15, -0.1) is 0 Å². The van der Waals surface area contributed by atoms with Crippen LogP contribution in [0.5, 0.6) is 0 Å². The number of rotatable bonds is 3. The summed E-state index contributed by atoms with van der Waals surface area (Å²) in [5.41, 5.74) is 7.62. The van der Waals surface area contributed by atoms with E-state index in [4.69, 9.17) is 5.73 Å². The minimum absolute atomic E-state index is 0.738. The lowest BCUT2D eigenvalue weighted by molar-refractivity contribution is 0.602. The average Bonchev–Trinajstić information content (AvgIpc) is 2.59. The van der Waals surface area contributed by atoms with Gasteiger partial charge in [0.15, 0.2) is 0 Å². The summed E-state index contributed by atoms with van der Waals surface area (Å²) in [6.45, 7) is 4.77. The van der Waals surface area contributed by atoms with Gasteiger partial charge in [-0.2, -0.15) is 5.10 Å². The highest BCUT2D eigenvalue weighted by molar-refractivity contribution is 9.10. The van der Waals surface area contributed by atoms with Crippen LogP contribution >= 0.6 is 27.7 Å². The van der Waals surface area contributed by atoms with E-state index in [2.05, 4.69) is 26.0 Å². The van der Waals surface area contributed by atoms with Crippen LogP contribution in [0.25, 0.3) is 0 Å². The predicted octanol–water partition coefficient (Wildman–Crippen LogP) is 3.10. The Morgan fingerprint density at radius 3 is 2.82 bits per heavy atom. The summed E-state index contributed by atoms with van der Waals surface area (Å²) in [6.07, 6.45) is 1.78. The lowest BCUT2D eigenvalue weighted by Gasteiger charge is -2.04. The molecule has 0 radical (unpaired) electrons. The Bertz CT molecular complexity index is 521. The molecule has 0 spiro atoms. The van der Waals surface area contributed by atoms with Crippen LogP contribution < -0.4 is 5.73 Å². The highest BCUT2D eigenvalue weighted by atomic mass is 79.9. The van der Waals surface area contributed by atoms with Gasteiger partial charge in [0, 0.05) is 17.2 Å². The standard InChI is InChI=1S/C11H13BrN4S/c1-3-16-11(10(13)7(2)15-16)17-9-5-4-8(12)6-14-9/h4-6H,3,13H2,1-2H3. The number of pyridine rings is 1. The number of aromatic nitrogens is 3. The van der Waals surface area contributed by atoms with E-state index in [1.807, 2.05) is 30.7 Å². The predicted molar refractivity (Wildman–Crippen MR) is 73.1 cm³/mol. The zero-order valence-electron chi connectivity index (χ0n) is 9.64. The number of hydrogen-bond acceptors (Lipinski definition) is 4. The molecular weight excluding hydrogens is 300 g/mol. The summed E-state index contributed by atoms with van der Waals surface area (Å²) in [5.74, 6) is 0. The van der Waals surface area contributed by atoms with E-state index in [-0.39, 0.29) is 0 Å². The molecule has 0 aliphatic rings. The first-order valence-electron chi connectivity index (χ1n) is 5.24. The van der Waals surface area contributed by atoms with Crippen molar-refractivity contribution in [3.8, 4) is 0 Å². The molecule has 0 bridgehead atoms. The molecule has 0 unspecified atom stereocenters. The molecule has 0 fully saturated rings. The summed E-state index contributed by atoms with van der Waals surface area (Å²) < 4.78 is 2.87. The van der Waals surface area contributed by atoms with Crippen LogP contribution in [0, 0.1) is 6.92 Å². The first kappa shape index (κ1) is 12.4. The van der Waals surface area contributed by atoms with Gasteiger partial charge >= 0.3 is 0 Å². The van der Waals surface area contributed by atoms with E-state index < -0.39 is 0 Å². The van der Waals surface area contributed by atoms with Crippen molar-refractivity contribution in [2.24, 2.45) is 0 Å². The van der Waals surface area contributed by atoms with Crippen molar-refractivity contribution in [3.63, 3.8) is 0 Å². The molecule has 6 heteroatoms. The van der Waals surface area contributed by atoms with E-state index in [1.165, 1.54) is 11.8 Å². The Hall–Kier alpha value is -1.01. The van der Waals surface area contributed by atoms with Crippen molar-refractivity contribution in [2.45, 2.75) is 30.4 Å². The zero-order valence-corrected chi connectivity index (χ0v) is 12.0. The number of hydrogen-bond donors (Lipinski definition) is 1. The number of halogens is 1. The minimum Gasteiger partial charge on any atom is -0.395 e. The van der Waals surface area contributed by atoms with Gasteiger partial charge in [0.2, 0.25) is 0 Å². The number of aryl methyl sites for hydroxylation is 2. The van der Waals surface area contributed by atoms with Gasteiger partial charge in [0.1, 0.15) is 10.1 Å². The normalized spacial score (nSPS) is 10.8. The Labute approximate surface area is 113 Å². The molecule has 17 heavy (non-hydrogen) atoms. The van der Waals surface area contributed by atoms with Gasteiger partial charge in [0.05, 0.1) is 11.4 Å². The SMILES string of the molecule is CCn1nc(C)c(N)c1Sc1ccc(Br)cn1. The maximum absolute atomic E-state index is 6.02. The van der Waals surface area contributed by atoms with Crippen LogP contribution in [0.4, 0.5) is 5.69 Å². The highest BCUT2D eigenvalue weighted by Gasteiger charge is 2.13. The molecule has 0 saturated carbocycles. The smallest absolute Gasteiger partial charge is 0.123 e. The van der Waals surface area contributed by atoms with Crippen molar-refractivity contribution in [2.75, 3.05) is 5.73 Å². The highest BCUT2D eigenvalue weighted by Crippen LogP contribution is 2.32. The van der Waals surface area contributed by atoms with Crippen molar-refractivity contribution in [1.29, 1.82) is 0 Å². The van der Waals surface area contributed by atoms with E-state index in [1.54, 1.807) is 6.20 Å². The first-order valence-corrected chi connectivity index (χ1v) is 6.85. The van der Waals surface area contributed by atoms with Gasteiger partial charge in [-0.25, -0.2) is 4.98 Å². The summed E-state index contributed by atoms with van der Waals surface area (Å²) in [5, 5.41) is 6.25. The number of nitrogens with two attached hydrogens (primary N) is 1. The molecule has 0 aromatic carbocycles. The largest absolute Gasteiger partial charge is 0.395 e. The maximum Gasteiger partial charge on any atom is 0.123 e. The van der Waals surface area contributed by atoms with E-state index in [9.17, 15) is 0 Å². The van der Waals surface area contributed by atoms with E-state index in [0.717, 1.165) is 32.5 Å². The fourth-order valence-electron chi connectivity index (χ4n) is 1.42. The molecule has 2 aromatic rings. The molecule has 0 atom stereocenters. The van der Waals surface area contributed by atoms with Gasteiger partial charge in [-0.05, 0) is 53.7 Å². The Morgan fingerprint density at radius 2 is 2.24 bits per heavy atom. The Balaban J connectivity index is 2.32. The minimum atomic E-state index is 0.738. The quantitative estimate of drug-likeness (QED) is 0.946. The Kier molecular flexibility index (Phi) is 3.73. The van der Waals surface area contributed by atoms with Crippen LogP contribution in [-0.4, -0.2) is 14.8 Å². The lowest BCUT2D eigenvalue weighted by Crippen LogP contribution is -1.99. The Morgan fingerprint density at radius 1 is 1.47 bits per heavy atom. The number of nitrogen functional groups attached to an aromatic ring is 1. The van der Waals surface area contributed by atoms with Crippen molar-refractivity contribution < 1.29 is 0 Å². The molecular formula is C11H13BrN4S. The molecule has 2 heterocycles. The average molecular weight is 313 g/mol. The van der Waals surface area contributed by atoms with Crippen LogP contribution in [0.3, 0.4) is 0 Å². The molecule has 4 nitrogen and oxygen atoms in total. The molecule has 0 saturated heterocycles. The fraction of sp³-hybridized carbons (Fsp3) is 0.273. The van der Waals surface area contributed by atoms with Gasteiger partial charge in [0.25, 0.3) is 0 Å². The number of nitrogens with zero attached hydrogens (tertiary/aromatic N) is 3. The lowest BCUT2D eigenvalue weighted by atomic mass is 10.4. The summed E-state index contributed by atoms with van der Waals surface area (Å²) in [7, 11) is 0. The number of anilines is 1. The third-order valence-electron chi connectivity index (χ3n) is 2.33. The van der Waals surface area contributed by atoms with Gasteiger partial charge in [-0.1, -0.05) is 0 Å². The second-order valence-electron chi connectivity index (χ2n) is 3.54. The van der Waals surface area contributed by atoms with Gasteiger partial charge in [-0.3, -0.25) is 4.68 Å². The maximum atomic E-state index is 6.02.